The molecule has 0 amide bonds. The van der Waals surface area contributed by atoms with E-state index < -0.39 is 0 Å². The maximum Gasteiger partial charge on any atom is 0.0614 e. The van der Waals surface area contributed by atoms with E-state index >= 15 is 0 Å². The molecule has 0 aromatic rings. The van der Waals surface area contributed by atoms with Crippen LogP contribution in [-0.4, -0.2) is 47.3 Å². The van der Waals surface area contributed by atoms with E-state index in [1.54, 1.807) is 0 Å². The van der Waals surface area contributed by atoms with Gasteiger partial charge in [0.05, 0.1) is 6.61 Å². The van der Waals surface area contributed by atoms with Crippen molar-refractivity contribution in [2.24, 2.45) is 5.41 Å². The molecule has 18 heavy (non-hydrogen) atoms. The molecule has 0 radical (unpaired) electrons. The maximum absolute atomic E-state index is 9.78. The summed E-state index contributed by atoms with van der Waals surface area (Å²) in [6.45, 7) is 7.57. The third kappa shape index (κ3) is 2.59. The van der Waals surface area contributed by atoms with Gasteiger partial charge in [-0.15, -0.1) is 0 Å². The fraction of sp³-hybridized carbons (Fsp3) is 1.00. The van der Waals surface area contributed by atoms with Crippen molar-refractivity contribution in [1.29, 1.82) is 0 Å². The second-order valence-corrected chi connectivity index (χ2v) is 7.64. The summed E-state index contributed by atoms with van der Waals surface area (Å²) in [4.78, 5) is 2.67. The van der Waals surface area contributed by atoms with E-state index in [-0.39, 0.29) is 5.54 Å². The van der Waals surface area contributed by atoms with Gasteiger partial charge >= 0.3 is 0 Å². The molecule has 1 aliphatic heterocycles. The standard InChI is InChI=1S/C15H28N2O/c1-14(2)7-8-17(10-14)13-5-6-15(9-13,11-18)16-12-3-4-12/h12-13,16,18H,3-11H2,1-2H3. The molecule has 2 atom stereocenters. The minimum absolute atomic E-state index is 0.0402. The van der Waals surface area contributed by atoms with Crippen LogP contribution >= 0.6 is 0 Å². The van der Waals surface area contributed by atoms with Crippen LogP contribution in [0.1, 0.15) is 52.4 Å². The van der Waals surface area contributed by atoms with Crippen molar-refractivity contribution in [3.63, 3.8) is 0 Å². The highest BCUT2D eigenvalue weighted by molar-refractivity contribution is 5.04. The van der Waals surface area contributed by atoms with Crippen LogP contribution in [0.4, 0.5) is 0 Å². The highest BCUT2D eigenvalue weighted by Crippen LogP contribution is 2.39. The van der Waals surface area contributed by atoms with Crippen LogP contribution in [0.15, 0.2) is 0 Å². The molecule has 3 heteroatoms. The summed E-state index contributed by atoms with van der Waals surface area (Å²) in [7, 11) is 0. The molecule has 2 unspecified atom stereocenters. The number of hydrogen-bond acceptors (Lipinski definition) is 3. The quantitative estimate of drug-likeness (QED) is 0.800. The number of nitrogens with zero attached hydrogens (tertiary/aromatic N) is 1. The summed E-state index contributed by atoms with van der Waals surface area (Å²) in [6, 6.07) is 1.40. The Balaban J connectivity index is 1.60. The first kappa shape index (κ1) is 12.9. The first-order valence-electron chi connectivity index (χ1n) is 7.65. The lowest BCUT2D eigenvalue weighted by molar-refractivity contribution is 0.145. The Bertz CT molecular complexity index is 314. The van der Waals surface area contributed by atoms with E-state index in [0.717, 1.165) is 12.8 Å². The van der Waals surface area contributed by atoms with Crippen LogP contribution in [0.5, 0.6) is 0 Å². The first-order chi connectivity index (χ1) is 8.52. The molecule has 3 rings (SSSR count). The highest BCUT2D eigenvalue weighted by atomic mass is 16.3. The lowest BCUT2D eigenvalue weighted by Crippen LogP contribution is -2.49. The van der Waals surface area contributed by atoms with Gasteiger partial charge in [0, 0.05) is 24.2 Å². The van der Waals surface area contributed by atoms with Crippen molar-refractivity contribution in [3.8, 4) is 0 Å². The van der Waals surface area contributed by atoms with Crippen molar-refractivity contribution in [1.82, 2.24) is 10.2 Å². The van der Waals surface area contributed by atoms with E-state index in [9.17, 15) is 5.11 Å². The average molecular weight is 252 g/mol. The van der Waals surface area contributed by atoms with Gasteiger partial charge in [-0.3, -0.25) is 4.90 Å². The second kappa shape index (κ2) is 4.46. The first-order valence-corrected chi connectivity index (χ1v) is 7.65. The number of rotatable bonds is 4. The van der Waals surface area contributed by atoms with Crippen LogP contribution in [0.25, 0.3) is 0 Å². The largest absolute Gasteiger partial charge is 0.394 e. The normalized spacial score (nSPS) is 40.5. The minimum atomic E-state index is 0.0402. The molecule has 3 aliphatic rings. The van der Waals surface area contributed by atoms with Crippen LogP contribution in [0.3, 0.4) is 0 Å². The van der Waals surface area contributed by atoms with Gasteiger partial charge in [-0.05, 0) is 50.5 Å². The Hall–Kier alpha value is -0.120. The molecule has 2 aliphatic carbocycles. The van der Waals surface area contributed by atoms with Gasteiger partial charge in [-0.25, -0.2) is 0 Å². The zero-order chi connectivity index (χ0) is 12.8. The molecule has 3 nitrogen and oxygen atoms in total. The zero-order valence-corrected chi connectivity index (χ0v) is 11.9. The van der Waals surface area contributed by atoms with Crippen molar-refractivity contribution in [2.45, 2.75) is 70.0 Å². The number of nitrogens with one attached hydrogen (secondary N) is 1. The number of likely N-dealkylation sites (tertiary alicyclic amines) is 1. The molecule has 1 heterocycles. The van der Waals surface area contributed by atoms with E-state index in [4.69, 9.17) is 0 Å². The predicted molar refractivity (Wildman–Crippen MR) is 73.6 cm³/mol. The van der Waals surface area contributed by atoms with Gasteiger partial charge in [0.25, 0.3) is 0 Å². The van der Waals surface area contributed by atoms with Crippen LogP contribution < -0.4 is 5.32 Å². The minimum Gasteiger partial charge on any atom is -0.394 e. The zero-order valence-electron chi connectivity index (χ0n) is 11.9. The summed E-state index contributed by atoms with van der Waals surface area (Å²) >= 11 is 0. The molecule has 2 N–H and O–H groups in total. The van der Waals surface area contributed by atoms with Gasteiger partial charge in [-0.1, -0.05) is 13.8 Å². The number of aliphatic hydroxyl groups excluding tert-OH is 1. The van der Waals surface area contributed by atoms with Crippen LogP contribution in [-0.2, 0) is 0 Å². The van der Waals surface area contributed by atoms with Gasteiger partial charge in [0.15, 0.2) is 0 Å². The smallest absolute Gasteiger partial charge is 0.0614 e. The molecular weight excluding hydrogens is 224 g/mol. The fourth-order valence-electron chi connectivity index (χ4n) is 3.86. The number of hydrogen-bond donors (Lipinski definition) is 2. The molecular formula is C15H28N2O. The topological polar surface area (TPSA) is 35.5 Å². The summed E-state index contributed by atoms with van der Waals surface area (Å²) in [5.41, 5.74) is 0.535. The maximum atomic E-state index is 9.78. The molecule has 104 valence electrons. The van der Waals surface area contributed by atoms with Gasteiger partial charge in [0.2, 0.25) is 0 Å². The average Bonchev–Trinajstić information content (AvgIpc) is 2.90. The fourth-order valence-corrected chi connectivity index (χ4v) is 3.86. The van der Waals surface area contributed by atoms with Crippen LogP contribution in [0.2, 0.25) is 0 Å². The Morgan fingerprint density at radius 1 is 1.22 bits per heavy atom. The monoisotopic (exact) mass is 252 g/mol. The Morgan fingerprint density at radius 2 is 2.00 bits per heavy atom. The van der Waals surface area contributed by atoms with Gasteiger partial charge in [0.1, 0.15) is 0 Å². The highest BCUT2D eigenvalue weighted by Gasteiger charge is 2.45. The SMILES string of the molecule is CC1(C)CCN(C2CCC(CO)(NC3CC3)C2)C1. The number of aliphatic hydroxyl groups is 1. The molecule has 3 fully saturated rings. The van der Waals surface area contributed by atoms with Gasteiger partial charge < -0.3 is 10.4 Å². The van der Waals surface area contributed by atoms with E-state index in [0.29, 0.717) is 24.1 Å². The molecule has 0 aromatic heterocycles. The Morgan fingerprint density at radius 3 is 2.56 bits per heavy atom. The Kier molecular flexibility index (Phi) is 3.20. The lowest BCUT2D eigenvalue weighted by Gasteiger charge is -2.31. The van der Waals surface area contributed by atoms with Crippen molar-refractivity contribution in [2.75, 3.05) is 19.7 Å². The molecule has 0 bridgehead atoms. The van der Waals surface area contributed by atoms with E-state index in [1.165, 1.54) is 38.8 Å². The second-order valence-electron chi connectivity index (χ2n) is 7.64. The van der Waals surface area contributed by atoms with Crippen LogP contribution in [0, 0.1) is 5.41 Å². The van der Waals surface area contributed by atoms with Gasteiger partial charge in [-0.2, -0.15) is 0 Å². The summed E-state index contributed by atoms with van der Waals surface area (Å²) in [6.07, 6.45) is 7.51. The van der Waals surface area contributed by atoms with Crippen molar-refractivity contribution >= 4 is 0 Å². The third-order valence-corrected chi connectivity index (χ3v) is 5.20. The predicted octanol–water partition coefficient (Wildman–Crippen LogP) is 1.75. The lowest BCUT2D eigenvalue weighted by atomic mass is 9.93. The molecule has 0 aromatic carbocycles. The summed E-state index contributed by atoms with van der Waals surface area (Å²) in [5, 5.41) is 13.5. The summed E-state index contributed by atoms with van der Waals surface area (Å²) < 4.78 is 0. The van der Waals surface area contributed by atoms with Crippen molar-refractivity contribution in [3.05, 3.63) is 0 Å². The summed E-state index contributed by atoms with van der Waals surface area (Å²) in [5.74, 6) is 0. The third-order valence-electron chi connectivity index (χ3n) is 5.20. The molecule has 0 spiro atoms. The molecule has 1 saturated heterocycles. The van der Waals surface area contributed by atoms with E-state index in [2.05, 4.69) is 24.1 Å². The van der Waals surface area contributed by atoms with Crippen molar-refractivity contribution < 1.29 is 5.11 Å². The Labute approximate surface area is 111 Å². The van der Waals surface area contributed by atoms with E-state index in [1.807, 2.05) is 0 Å². The molecule has 2 saturated carbocycles.